The Balaban J connectivity index is 0.00000576. The molecule has 0 saturated carbocycles. The van der Waals surface area contributed by atoms with Crippen LogP contribution in [-0.4, -0.2) is 67.7 Å². The van der Waals surface area contributed by atoms with Crippen LogP contribution in [-0.2, 0) is 19.6 Å². The average Bonchev–Trinajstić information content (AvgIpc) is 2.53. The zero-order valence-electron chi connectivity index (χ0n) is 14.8. The Morgan fingerprint density at radius 1 is 1.00 bits per heavy atom. The molecule has 1 aromatic rings. The minimum absolute atomic E-state index is 0. The van der Waals surface area contributed by atoms with Gasteiger partial charge in [0.1, 0.15) is 4.90 Å². The predicted molar refractivity (Wildman–Crippen MR) is 92.4 cm³/mol. The first-order valence-corrected chi connectivity index (χ1v) is 9.21. The van der Waals surface area contributed by atoms with E-state index in [0.717, 1.165) is 25.0 Å². The van der Waals surface area contributed by atoms with Gasteiger partial charge >= 0.3 is 11.9 Å². The van der Waals surface area contributed by atoms with Crippen molar-refractivity contribution in [2.75, 3.05) is 13.2 Å². The molecule has 0 aliphatic rings. The van der Waals surface area contributed by atoms with Crippen molar-refractivity contribution in [1.29, 1.82) is 0 Å². The second kappa shape index (κ2) is 11.6. The number of benzene rings is 1. The van der Waals surface area contributed by atoms with Crippen molar-refractivity contribution in [3.8, 4) is 0 Å². The Bertz CT molecular complexity index is 686. The van der Waals surface area contributed by atoms with Crippen LogP contribution < -0.4 is 0 Å². The number of esters is 2. The van der Waals surface area contributed by atoms with E-state index in [-0.39, 0.29) is 53.9 Å². The molecule has 0 amide bonds. The molecule has 0 saturated heterocycles. The molecule has 0 aliphatic carbocycles. The van der Waals surface area contributed by atoms with Crippen LogP contribution in [0.5, 0.6) is 0 Å². The summed E-state index contributed by atoms with van der Waals surface area (Å²) in [5, 5.41) is 0. The van der Waals surface area contributed by atoms with Crippen molar-refractivity contribution in [2.24, 2.45) is 0 Å². The summed E-state index contributed by atoms with van der Waals surface area (Å²) >= 11 is 0. The van der Waals surface area contributed by atoms with Gasteiger partial charge in [-0.05, 0) is 31.0 Å². The molecule has 1 rings (SSSR count). The average molecular weight is 381 g/mol. The van der Waals surface area contributed by atoms with E-state index in [1.54, 1.807) is 0 Å². The van der Waals surface area contributed by atoms with E-state index in [9.17, 15) is 22.6 Å². The van der Waals surface area contributed by atoms with Crippen molar-refractivity contribution in [3.63, 3.8) is 0 Å². The fraction of sp³-hybridized carbons (Fsp3) is 0.500. The summed E-state index contributed by atoms with van der Waals surface area (Å²) in [6, 6.07) is 3.31. The van der Waals surface area contributed by atoms with Crippen LogP contribution in [0.2, 0.25) is 0 Å². The molecule has 0 aliphatic heterocycles. The van der Waals surface area contributed by atoms with Crippen LogP contribution in [0.3, 0.4) is 0 Å². The van der Waals surface area contributed by atoms with Crippen LogP contribution >= 0.6 is 0 Å². The molecular formula is C16H22NaO7S. The summed E-state index contributed by atoms with van der Waals surface area (Å²) in [6.07, 6.45) is 2.96. The molecular weight excluding hydrogens is 359 g/mol. The Morgan fingerprint density at radius 3 is 2.00 bits per heavy atom. The van der Waals surface area contributed by atoms with E-state index in [4.69, 9.17) is 9.47 Å². The molecule has 1 radical (unpaired) electrons. The number of unbranched alkanes of at least 4 members (excludes halogenated alkanes) is 2. The standard InChI is InChI=1S/C16H22O7S.Na/c1-3-5-9-22-15(17)12-7-8-13(14(11-12)24(19,20)21)16(18)23-10-6-4-2;/h7-8,11H,3-6,9-10H2,1-2H3,(H,19,20,21);. The summed E-state index contributed by atoms with van der Waals surface area (Å²) in [5.74, 6) is -1.60. The summed E-state index contributed by atoms with van der Waals surface area (Å²) in [5.41, 5.74) is -0.387. The van der Waals surface area contributed by atoms with Crippen LogP contribution in [0, 0.1) is 0 Å². The van der Waals surface area contributed by atoms with Crippen molar-refractivity contribution in [2.45, 2.75) is 44.4 Å². The molecule has 135 valence electrons. The molecule has 9 heteroatoms. The second-order valence-electron chi connectivity index (χ2n) is 5.16. The summed E-state index contributed by atoms with van der Waals surface area (Å²) < 4.78 is 42.3. The smallest absolute Gasteiger partial charge is 0.339 e. The van der Waals surface area contributed by atoms with Gasteiger partial charge in [-0.15, -0.1) is 0 Å². The molecule has 0 bridgehead atoms. The zero-order valence-corrected chi connectivity index (χ0v) is 17.6. The zero-order chi connectivity index (χ0) is 18.2. The second-order valence-corrected chi connectivity index (χ2v) is 6.55. The number of hydrogen-bond donors (Lipinski definition) is 1. The largest absolute Gasteiger partial charge is 0.462 e. The molecule has 0 fully saturated rings. The monoisotopic (exact) mass is 381 g/mol. The van der Waals surface area contributed by atoms with Gasteiger partial charge in [0.25, 0.3) is 10.1 Å². The minimum atomic E-state index is -4.70. The first-order valence-electron chi connectivity index (χ1n) is 7.77. The summed E-state index contributed by atoms with van der Waals surface area (Å²) in [6.45, 7) is 4.19. The quantitative estimate of drug-likeness (QED) is 0.303. The van der Waals surface area contributed by atoms with Crippen LogP contribution in [0.15, 0.2) is 23.1 Å². The maximum Gasteiger partial charge on any atom is 0.339 e. The number of rotatable bonds is 9. The topological polar surface area (TPSA) is 107 Å². The number of ether oxygens (including phenoxy) is 2. The third-order valence-corrected chi connectivity index (χ3v) is 4.07. The molecule has 0 heterocycles. The van der Waals surface area contributed by atoms with Crippen molar-refractivity contribution < 1.29 is 32.0 Å². The predicted octanol–water partition coefficient (Wildman–Crippen LogP) is 2.47. The Labute approximate surface area is 170 Å². The normalized spacial score (nSPS) is 10.7. The van der Waals surface area contributed by atoms with Gasteiger partial charge in [0, 0.05) is 29.6 Å². The molecule has 1 aromatic carbocycles. The molecule has 0 aromatic heterocycles. The molecule has 25 heavy (non-hydrogen) atoms. The van der Waals surface area contributed by atoms with Gasteiger partial charge in [0.15, 0.2) is 0 Å². The summed E-state index contributed by atoms with van der Waals surface area (Å²) in [7, 11) is -4.70. The van der Waals surface area contributed by atoms with Gasteiger partial charge in [-0.2, -0.15) is 8.42 Å². The summed E-state index contributed by atoms with van der Waals surface area (Å²) in [4.78, 5) is 23.2. The van der Waals surface area contributed by atoms with Crippen LogP contribution in [0.4, 0.5) is 0 Å². The number of hydrogen-bond acceptors (Lipinski definition) is 6. The van der Waals surface area contributed by atoms with Gasteiger partial charge in [-0.1, -0.05) is 26.7 Å². The fourth-order valence-electron chi connectivity index (χ4n) is 1.81. The van der Waals surface area contributed by atoms with E-state index in [1.807, 2.05) is 13.8 Å². The fourth-order valence-corrected chi connectivity index (χ4v) is 2.52. The molecule has 0 unspecified atom stereocenters. The molecule has 0 atom stereocenters. The first-order chi connectivity index (χ1) is 11.3. The van der Waals surface area contributed by atoms with Gasteiger partial charge in [-0.3, -0.25) is 4.55 Å². The molecule has 0 spiro atoms. The van der Waals surface area contributed by atoms with Crippen molar-refractivity contribution >= 4 is 51.6 Å². The maximum absolute atomic E-state index is 12.0. The Morgan fingerprint density at radius 2 is 1.52 bits per heavy atom. The van der Waals surface area contributed by atoms with Crippen LogP contribution in [0.1, 0.15) is 60.2 Å². The van der Waals surface area contributed by atoms with E-state index >= 15 is 0 Å². The van der Waals surface area contributed by atoms with Gasteiger partial charge in [0.2, 0.25) is 0 Å². The molecule has 1 N–H and O–H groups in total. The third-order valence-electron chi connectivity index (χ3n) is 3.18. The van der Waals surface area contributed by atoms with Crippen molar-refractivity contribution in [1.82, 2.24) is 0 Å². The Kier molecular flexibility index (Phi) is 11.2. The molecule has 7 nitrogen and oxygen atoms in total. The Hall–Kier alpha value is -0.930. The SMILES string of the molecule is CCCCOC(=O)c1ccc(C(=O)OCCCC)c(S(=O)(=O)O)c1.[Na]. The van der Waals surface area contributed by atoms with E-state index in [2.05, 4.69) is 0 Å². The van der Waals surface area contributed by atoms with E-state index in [1.165, 1.54) is 6.07 Å². The van der Waals surface area contributed by atoms with E-state index < -0.39 is 27.0 Å². The maximum atomic E-state index is 12.0. The first kappa shape index (κ1) is 24.1. The number of carbonyl (C=O) groups is 2. The van der Waals surface area contributed by atoms with Gasteiger partial charge in [-0.25, -0.2) is 9.59 Å². The van der Waals surface area contributed by atoms with Crippen molar-refractivity contribution in [3.05, 3.63) is 29.3 Å². The van der Waals surface area contributed by atoms with Gasteiger partial charge < -0.3 is 9.47 Å². The van der Waals surface area contributed by atoms with E-state index in [0.29, 0.717) is 12.8 Å². The van der Waals surface area contributed by atoms with Gasteiger partial charge in [0.05, 0.1) is 24.3 Å². The number of carbonyl (C=O) groups excluding carboxylic acids is 2. The van der Waals surface area contributed by atoms with Crippen LogP contribution in [0.25, 0.3) is 0 Å². The minimum Gasteiger partial charge on any atom is -0.462 e. The third kappa shape index (κ3) is 7.87.